The Kier molecular flexibility index (Phi) is 2.92. The van der Waals surface area contributed by atoms with Gasteiger partial charge in [0.05, 0.1) is 10.5 Å². The Morgan fingerprint density at radius 1 is 1.42 bits per heavy atom. The van der Waals surface area contributed by atoms with Gasteiger partial charge in [0.25, 0.3) is 5.91 Å². The van der Waals surface area contributed by atoms with Crippen molar-refractivity contribution >= 4 is 39.5 Å². The average molecular weight is 294 g/mol. The third kappa shape index (κ3) is 2.18. The Morgan fingerprint density at radius 3 is 2.95 bits per heavy atom. The molecule has 0 atom stereocenters. The Bertz CT molecular complexity index is 765. The van der Waals surface area contributed by atoms with Gasteiger partial charge < -0.3 is 0 Å². The summed E-state index contributed by atoms with van der Waals surface area (Å²) in [7, 11) is 0. The van der Waals surface area contributed by atoms with Gasteiger partial charge in [0.2, 0.25) is 5.13 Å². The van der Waals surface area contributed by atoms with Crippen molar-refractivity contribution in [2.45, 2.75) is 6.92 Å². The first-order valence-corrected chi connectivity index (χ1v) is 6.59. The zero-order valence-electron chi connectivity index (χ0n) is 9.79. The predicted molar refractivity (Wildman–Crippen MR) is 72.8 cm³/mol. The normalized spacial score (nSPS) is 10.8. The molecule has 0 aliphatic carbocycles. The fourth-order valence-corrected chi connectivity index (χ4v) is 2.48. The van der Waals surface area contributed by atoms with Crippen LogP contribution in [0, 0.1) is 6.92 Å². The van der Waals surface area contributed by atoms with Crippen LogP contribution in [-0.4, -0.2) is 25.7 Å². The fourth-order valence-electron chi connectivity index (χ4n) is 1.62. The van der Waals surface area contributed by atoms with E-state index in [1.165, 1.54) is 11.3 Å². The van der Waals surface area contributed by atoms with E-state index in [-0.39, 0.29) is 5.69 Å². The molecular formula is C11H8ClN5OS. The first kappa shape index (κ1) is 12.1. The van der Waals surface area contributed by atoms with E-state index in [4.69, 9.17) is 11.6 Å². The van der Waals surface area contributed by atoms with Crippen LogP contribution >= 0.6 is 22.9 Å². The molecule has 0 unspecified atom stereocenters. The number of anilines is 1. The molecule has 0 bridgehead atoms. The molecule has 3 aromatic heterocycles. The van der Waals surface area contributed by atoms with E-state index in [2.05, 4.69) is 20.6 Å². The van der Waals surface area contributed by atoms with Crippen molar-refractivity contribution in [3.05, 3.63) is 40.1 Å². The van der Waals surface area contributed by atoms with Gasteiger partial charge in [0.1, 0.15) is 5.01 Å². The Morgan fingerprint density at radius 2 is 2.26 bits per heavy atom. The summed E-state index contributed by atoms with van der Waals surface area (Å²) in [5.41, 5.74) is 0.850. The van der Waals surface area contributed by atoms with E-state index < -0.39 is 5.91 Å². The first-order chi connectivity index (χ1) is 9.15. The molecule has 1 amide bonds. The molecule has 0 spiro atoms. The van der Waals surface area contributed by atoms with Crippen LogP contribution in [0.15, 0.2) is 24.4 Å². The van der Waals surface area contributed by atoms with Crippen molar-refractivity contribution in [3.63, 3.8) is 0 Å². The Hall–Kier alpha value is -1.99. The second-order valence-corrected chi connectivity index (χ2v) is 5.33. The summed E-state index contributed by atoms with van der Waals surface area (Å²) in [6.45, 7) is 1.81. The van der Waals surface area contributed by atoms with Gasteiger partial charge in [-0.2, -0.15) is 5.10 Å². The summed E-state index contributed by atoms with van der Waals surface area (Å²) < 4.78 is 1.56. The minimum atomic E-state index is -0.398. The molecule has 0 saturated heterocycles. The molecule has 0 aliphatic rings. The zero-order valence-corrected chi connectivity index (χ0v) is 11.4. The van der Waals surface area contributed by atoms with Gasteiger partial charge in [0.15, 0.2) is 5.69 Å². The van der Waals surface area contributed by atoms with Crippen molar-refractivity contribution in [1.29, 1.82) is 0 Å². The number of carbonyl (C=O) groups is 1. The van der Waals surface area contributed by atoms with Crippen LogP contribution in [0.5, 0.6) is 0 Å². The van der Waals surface area contributed by atoms with Crippen LogP contribution in [0.4, 0.5) is 5.13 Å². The molecule has 3 aromatic rings. The summed E-state index contributed by atoms with van der Waals surface area (Å²) in [4.78, 5) is 12.1. The second-order valence-electron chi connectivity index (χ2n) is 3.77. The largest absolute Gasteiger partial charge is 0.295 e. The molecule has 6 nitrogen and oxygen atoms in total. The number of hydrogen-bond donors (Lipinski definition) is 1. The molecular weight excluding hydrogens is 286 g/mol. The van der Waals surface area contributed by atoms with Crippen LogP contribution in [0.1, 0.15) is 15.5 Å². The van der Waals surface area contributed by atoms with E-state index >= 15 is 0 Å². The molecule has 0 aromatic carbocycles. The number of nitrogens with zero attached hydrogens (tertiary/aromatic N) is 4. The highest BCUT2D eigenvalue weighted by molar-refractivity contribution is 7.15. The maximum absolute atomic E-state index is 12.1. The highest BCUT2D eigenvalue weighted by Gasteiger charge is 2.18. The van der Waals surface area contributed by atoms with Gasteiger partial charge in [0, 0.05) is 6.20 Å². The van der Waals surface area contributed by atoms with E-state index in [1.807, 2.05) is 19.1 Å². The lowest BCUT2D eigenvalue weighted by atomic mass is 10.3. The minimum absolute atomic E-state index is 0.167. The van der Waals surface area contributed by atoms with E-state index in [1.54, 1.807) is 16.8 Å². The van der Waals surface area contributed by atoms with Gasteiger partial charge in [-0.15, -0.1) is 10.2 Å². The monoisotopic (exact) mass is 293 g/mol. The van der Waals surface area contributed by atoms with Crippen LogP contribution in [0.25, 0.3) is 5.52 Å². The van der Waals surface area contributed by atoms with Crippen molar-refractivity contribution in [1.82, 2.24) is 19.8 Å². The summed E-state index contributed by atoms with van der Waals surface area (Å²) in [5, 5.41) is 15.9. The Labute approximate surface area is 117 Å². The SMILES string of the molecule is Cc1nnc(NC(=O)c2nn3ccccc3c2Cl)s1. The minimum Gasteiger partial charge on any atom is -0.295 e. The summed E-state index contributed by atoms with van der Waals surface area (Å²) in [6, 6.07) is 5.44. The third-order valence-electron chi connectivity index (χ3n) is 2.44. The van der Waals surface area contributed by atoms with Crippen molar-refractivity contribution in [2.75, 3.05) is 5.32 Å². The first-order valence-electron chi connectivity index (χ1n) is 5.39. The lowest BCUT2D eigenvalue weighted by Gasteiger charge is -1.96. The van der Waals surface area contributed by atoms with Gasteiger partial charge in [-0.05, 0) is 19.1 Å². The number of amides is 1. The molecule has 1 N–H and O–H groups in total. The number of carbonyl (C=O) groups excluding carboxylic acids is 1. The molecule has 0 fully saturated rings. The third-order valence-corrected chi connectivity index (χ3v) is 3.57. The zero-order chi connectivity index (χ0) is 13.4. The fraction of sp³-hybridized carbons (Fsp3) is 0.0909. The average Bonchev–Trinajstić information content (AvgIpc) is 2.94. The van der Waals surface area contributed by atoms with Gasteiger partial charge in [-0.3, -0.25) is 10.1 Å². The standard InChI is InChI=1S/C11H8ClN5OS/c1-6-14-15-11(19-6)13-10(18)9-8(12)7-4-2-3-5-17(7)16-9/h2-5H,1H3,(H,13,15,18). The highest BCUT2D eigenvalue weighted by Crippen LogP contribution is 2.23. The number of halogens is 1. The summed E-state index contributed by atoms with van der Waals surface area (Å²) >= 11 is 7.44. The van der Waals surface area contributed by atoms with Gasteiger partial charge in [-0.25, -0.2) is 4.52 Å². The van der Waals surface area contributed by atoms with Gasteiger partial charge >= 0.3 is 0 Å². The molecule has 3 heterocycles. The summed E-state index contributed by atoms with van der Waals surface area (Å²) in [6.07, 6.45) is 1.73. The molecule has 96 valence electrons. The lowest BCUT2D eigenvalue weighted by Crippen LogP contribution is -2.13. The van der Waals surface area contributed by atoms with Crippen LogP contribution in [0.3, 0.4) is 0 Å². The number of rotatable bonds is 2. The second kappa shape index (κ2) is 4.60. The van der Waals surface area contributed by atoms with Crippen molar-refractivity contribution < 1.29 is 4.79 Å². The van der Waals surface area contributed by atoms with E-state index in [9.17, 15) is 4.79 Å². The molecule has 0 saturated carbocycles. The topological polar surface area (TPSA) is 72.2 Å². The van der Waals surface area contributed by atoms with E-state index in [0.29, 0.717) is 15.7 Å². The van der Waals surface area contributed by atoms with E-state index in [0.717, 1.165) is 5.01 Å². The van der Waals surface area contributed by atoms with Crippen molar-refractivity contribution in [3.8, 4) is 0 Å². The predicted octanol–water partition coefficient (Wildman–Crippen LogP) is 2.40. The number of fused-ring (bicyclic) bond motifs is 1. The highest BCUT2D eigenvalue weighted by atomic mass is 35.5. The quantitative estimate of drug-likeness (QED) is 0.787. The molecule has 8 heteroatoms. The van der Waals surface area contributed by atoms with Crippen molar-refractivity contribution in [2.24, 2.45) is 0 Å². The molecule has 0 radical (unpaired) electrons. The number of hydrogen-bond acceptors (Lipinski definition) is 5. The number of aryl methyl sites for hydroxylation is 1. The number of aromatic nitrogens is 4. The van der Waals surface area contributed by atoms with Gasteiger partial charge in [-0.1, -0.05) is 29.0 Å². The van der Waals surface area contributed by atoms with Crippen LogP contribution < -0.4 is 5.32 Å². The molecule has 3 rings (SSSR count). The van der Waals surface area contributed by atoms with Crippen LogP contribution in [0.2, 0.25) is 5.02 Å². The maximum Gasteiger partial charge on any atom is 0.279 e. The number of nitrogens with one attached hydrogen (secondary N) is 1. The smallest absolute Gasteiger partial charge is 0.279 e. The van der Waals surface area contributed by atoms with Crippen LogP contribution in [-0.2, 0) is 0 Å². The lowest BCUT2D eigenvalue weighted by molar-refractivity contribution is 0.102. The summed E-state index contributed by atoms with van der Waals surface area (Å²) in [5.74, 6) is -0.398. The number of pyridine rings is 1. The molecule has 0 aliphatic heterocycles. The maximum atomic E-state index is 12.1. The Balaban J connectivity index is 1.95. The molecule has 19 heavy (non-hydrogen) atoms.